The highest BCUT2D eigenvalue weighted by molar-refractivity contribution is 5.95. The summed E-state index contributed by atoms with van der Waals surface area (Å²) in [5.74, 6) is 5.87. The monoisotopic (exact) mass is 343 g/mol. The molecule has 0 atom stereocenters. The third kappa shape index (κ3) is 4.40. The van der Waals surface area contributed by atoms with Gasteiger partial charge in [-0.25, -0.2) is 0 Å². The lowest BCUT2D eigenvalue weighted by Gasteiger charge is -2.08. The molecule has 0 fully saturated rings. The summed E-state index contributed by atoms with van der Waals surface area (Å²) in [6.07, 6.45) is 2.38. The van der Waals surface area contributed by atoms with Crippen molar-refractivity contribution in [3.8, 4) is 11.8 Å². The number of rotatable bonds is 5. The van der Waals surface area contributed by atoms with Gasteiger partial charge in [-0.15, -0.1) is 0 Å². The number of hydrogen-bond donors (Lipinski definition) is 1. The first-order chi connectivity index (χ1) is 12.8. The Balaban J connectivity index is 1.65. The number of nitrogens with zero attached hydrogens (tertiary/aromatic N) is 2. The van der Waals surface area contributed by atoms with Crippen molar-refractivity contribution < 1.29 is 4.79 Å². The molecular formula is C22H21N3O. The number of amides is 1. The zero-order valence-corrected chi connectivity index (χ0v) is 14.8. The molecule has 0 bridgehead atoms. The van der Waals surface area contributed by atoms with Gasteiger partial charge >= 0.3 is 0 Å². The molecule has 0 unspecified atom stereocenters. The summed E-state index contributed by atoms with van der Waals surface area (Å²) in [6, 6.07) is 19.8. The van der Waals surface area contributed by atoms with E-state index in [9.17, 15) is 4.79 Å². The third-order valence-corrected chi connectivity index (χ3v) is 4.05. The summed E-state index contributed by atoms with van der Waals surface area (Å²) in [4.78, 5) is 12.5. The van der Waals surface area contributed by atoms with Gasteiger partial charge in [0.15, 0.2) is 0 Å². The molecule has 1 heterocycles. The van der Waals surface area contributed by atoms with E-state index in [1.807, 2.05) is 60.1 Å². The lowest BCUT2D eigenvalue weighted by atomic mass is 10.1. The van der Waals surface area contributed by atoms with Crippen LogP contribution in [0.15, 0.2) is 66.9 Å². The van der Waals surface area contributed by atoms with E-state index in [1.165, 1.54) is 0 Å². The molecule has 0 aliphatic carbocycles. The van der Waals surface area contributed by atoms with Gasteiger partial charge in [0.25, 0.3) is 5.91 Å². The summed E-state index contributed by atoms with van der Waals surface area (Å²) in [7, 11) is 0. The molecule has 26 heavy (non-hydrogen) atoms. The van der Waals surface area contributed by atoms with Gasteiger partial charge in [0.2, 0.25) is 0 Å². The number of carbonyl (C=O) groups is 1. The predicted octanol–water partition coefficient (Wildman–Crippen LogP) is 3.28. The first-order valence-electron chi connectivity index (χ1n) is 8.68. The number of aromatic nitrogens is 2. The van der Waals surface area contributed by atoms with E-state index < -0.39 is 0 Å². The van der Waals surface area contributed by atoms with Gasteiger partial charge in [-0.1, -0.05) is 67.3 Å². The van der Waals surface area contributed by atoms with E-state index in [2.05, 4.69) is 34.4 Å². The van der Waals surface area contributed by atoms with Crippen LogP contribution in [-0.2, 0) is 13.0 Å². The Morgan fingerprint density at radius 2 is 1.77 bits per heavy atom. The molecule has 0 radical (unpaired) electrons. The van der Waals surface area contributed by atoms with E-state index in [4.69, 9.17) is 0 Å². The molecule has 1 amide bonds. The fourth-order valence-corrected chi connectivity index (χ4v) is 2.75. The van der Waals surface area contributed by atoms with Crippen LogP contribution in [-0.4, -0.2) is 22.2 Å². The Kier molecular flexibility index (Phi) is 5.84. The largest absolute Gasteiger partial charge is 0.341 e. The number of carbonyl (C=O) groups excluding carboxylic acids is 1. The minimum absolute atomic E-state index is 0.136. The summed E-state index contributed by atoms with van der Waals surface area (Å²) in [5.41, 5.74) is 3.64. The van der Waals surface area contributed by atoms with Crippen molar-refractivity contribution in [1.29, 1.82) is 0 Å². The fourth-order valence-electron chi connectivity index (χ4n) is 2.75. The molecular weight excluding hydrogens is 322 g/mol. The molecule has 1 aromatic heterocycles. The lowest BCUT2D eigenvalue weighted by molar-refractivity contribution is 0.0957. The van der Waals surface area contributed by atoms with Crippen LogP contribution < -0.4 is 5.32 Å². The zero-order valence-electron chi connectivity index (χ0n) is 14.8. The van der Waals surface area contributed by atoms with Crippen molar-refractivity contribution in [2.24, 2.45) is 0 Å². The average Bonchev–Trinajstić information content (AvgIpc) is 3.09. The van der Waals surface area contributed by atoms with Gasteiger partial charge in [-0.05, 0) is 24.1 Å². The van der Waals surface area contributed by atoms with Crippen molar-refractivity contribution in [2.75, 3.05) is 6.54 Å². The average molecular weight is 343 g/mol. The van der Waals surface area contributed by atoms with Crippen LogP contribution in [0.5, 0.6) is 0 Å². The second-order valence-corrected chi connectivity index (χ2v) is 5.85. The van der Waals surface area contributed by atoms with E-state index in [0.717, 1.165) is 23.2 Å². The smallest absolute Gasteiger partial charge is 0.255 e. The van der Waals surface area contributed by atoms with Crippen LogP contribution in [0.25, 0.3) is 0 Å². The van der Waals surface area contributed by atoms with Gasteiger partial charge in [-0.3, -0.25) is 9.48 Å². The molecule has 3 aromatic rings. The normalized spacial score (nSPS) is 10.0. The van der Waals surface area contributed by atoms with E-state index in [0.29, 0.717) is 18.7 Å². The lowest BCUT2D eigenvalue weighted by Crippen LogP contribution is -2.24. The van der Waals surface area contributed by atoms with Crippen molar-refractivity contribution in [1.82, 2.24) is 15.1 Å². The van der Waals surface area contributed by atoms with Crippen molar-refractivity contribution in [3.05, 3.63) is 89.2 Å². The maximum Gasteiger partial charge on any atom is 0.255 e. The van der Waals surface area contributed by atoms with Gasteiger partial charge in [0.05, 0.1) is 30.5 Å². The molecule has 0 saturated heterocycles. The Bertz CT molecular complexity index is 918. The quantitative estimate of drug-likeness (QED) is 0.723. The van der Waals surface area contributed by atoms with Crippen LogP contribution in [0.2, 0.25) is 0 Å². The Labute approximate surface area is 153 Å². The molecule has 130 valence electrons. The SMILES string of the molecule is CCc1c(C(=O)NCC#Cc2ccccc2)cnn1Cc1ccccc1. The van der Waals surface area contributed by atoms with Crippen molar-refractivity contribution in [3.63, 3.8) is 0 Å². The molecule has 0 spiro atoms. The summed E-state index contributed by atoms with van der Waals surface area (Å²) in [6.45, 7) is 3.00. The summed E-state index contributed by atoms with van der Waals surface area (Å²) < 4.78 is 1.89. The standard InChI is InChI=1S/C22H21N3O/c1-2-21-20(16-24-25(21)17-19-12-7-4-8-13-19)22(26)23-15-9-14-18-10-5-3-6-11-18/h3-8,10-13,16H,2,15,17H2,1H3,(H,23,26). The van der Waals surface area contributed by atoms with Crippen LogP contribution in [0, 0.1) is 11.8 Å². The summed E-state index contributed by atoms with van der Waals surface area (Å²) >= 11 is 0. The zero-order chi connectivity index (χ0) is 18.2. The molecule has 1 N–H and O–H groups in total. The Morgan fingerprint density at radius 3 is 2.46 bits per heavy atom. The van der Waals surface area contributed by atoms with Gasteiger partial charge in [0.1, 0.15) is 0 Å². The predicted molar refractivity (Wildman–Crippen MR) is 103 cm³/mol. The molecule has 4 heteroatoms. The Morgan fingerprint density at radius 1 is 1.08 bits per heavy atom. The van der Waals surface area contributed by atoms with Gasteiger partial charge in [-0.2, -0.15) is 5.10 Å². The van der Waals surface area contributed by atoms with Crippen LogP contribution >= 0.6 is 0 Å². The third-order valence-electron chi connectivity index (χ3n) is 4.05. The maximum atomic E-state index is 12.5. The summed E-state index contributed by atoms with van der Waals surface area (Å²) in [5, 5.41) is 7.25. The molecule has 4 nitrogen and oxygen atoms in total. The minimum Gasteiger partial charge on any atom is -0.341 e. The fraction of sp³-hybridized carbons (Fsp3) is 0.182. The first-order valence-corrected chi connectivity index (χ1v) is 8.68. The molecule has 3 rings (SSSR count). The van der Waals surface area contributed by atoms with E-state index >= 15 is 0 Å². The van der Waals surface area contributed by atoms with Gasteiger partial charge < -0.3 is 5.32 Å². The first kappa shape index (κ1) is 17.5. The second kappa shape index (κ2) is 8.68. The van der Waals surface area contributed by atoms with Crippen molar-refractivity contribution >= 4 is 5.91 Å². The van der Waals surface area contributed by atoms with Crippen molar-refractivity contribution in [2.45, 2.75) is 19.9 Å². The topological polar surface area (TPSA) is 46.9 Å². The van der Waals surface area contributed by atoms with Crippen LogP contribution in [0.4, 0.5) is 0 Å². The number of hydrogen-bond acceptors (Lipinski definition) is 2. The highest BCUT2D eigenvalue weighted by Crippen LogP contribution is 2.12. The van der Waals surface area contributed by atoms with Crippen LogP contribution in [0.3, 0.4) is 0 Å². The minimum atomic E-state index is -0.136. The Hall–Kier alpha value is -3.32. The van der Waals surface area contributed by atoms with Crippen LogP contribution in [0.1, 0.15) is 34.1 Å². The van der Waals surface area contributed by atoms with E-state index in [-0.39, 0.29) is 5.91 Å². The molecule has 2 aromatic carbocycles. The van der Waals surface area contributed by atoms with E-state index in [1.54, 1.807) is 6.20 Å². The second-order valence-electron chi connectivity index (χ2n) is 5.85. The molecule has 0 aliphatic heterocycles. The highest BCUT2D eigenvalue weighted by Gasteiger charge is 2.15. The maximum absolute atomic E-state index is 12.5. The molecule has 0 aliphatic rings. The number of nitrogens with one attached hydrogen (secondary N) is 1. The van der Waals surface area contributed by atoms with Gasteiger partial charge in [0, 0.05) is 5.56 Å². The highest BCUT2D eigenvalue weighted by atomic mass is 16.1. The molecule has 0 saturated carbocycles. The number of benzene rings is 2.